The second-order valence-electron chi connectivity index (χ2n) is 4.03. The van der Waals surface area contributed by atoms with E-state index in [9.17, 15) is 4.79 Å². The normalized spacial score (nSPS) is 12.2. The zero-order valence-electron chi connectivity index (χ0n) is 10.4. The Morgan fingerprint density at radius 2 is 2.12 bits per heavy atom. The largest absolute Gasteiger partial charge is 0.339 e. The Morgan fingerprint density at radius 1 is 1.47 bits per heavy atom. The highest BCUT2D eigenvalue weighted by atomic mass is 127. The molecule has 0 aliphatic heterocycles. The third-order valence-electron chi connectivity index (χ3n) is 2.83. The maximum absolute atomic E-state index is 12.3. The van der Waals surface area contributed by atoms with Gasteiger partial charge in [0, 0.05) is 16.7 Å². The molecule has 0 fully saturated rings. The lowest BCUT2D eigenvalue weighted by atomic mass is 10.1. The quantitative estimate of drug-likeness (QED) is 0.747. The Bertz CT molecular complexity index is 383. The molecular weight excluding hydrogens is 345 g/mol. The molecule has 0 heterocycles. The zero-order valence-corrected chi connectivity index (χ0v) is 13.4. The number of amides is 1. The van der Waals surface area contributed by atoms with Crippen LogP contribution in [0.2, 0.25) is 0 Å². The summed E-state index contributed by atoms with van der Waals surface area (Å²) in [5, 5.41) is 0. The van der Waals surface area contributed by atoms with Gasteiger partial charge in [-0.15, -0.1) is 0 Å². The van der Waals surface area contributed by atoms with E-state index in [2.05, 4.69) is 35.8 Å². The van der Waals surface area contributed by atoms with Crippen LogP contribution in [0.3, 0.4) is 0 Å². The molecule has 1 rings (SSSR count). The summed E-state index contributed by atoms with van der Waals surface area (Å²) in [6, 6.07) is 8.01. The highest BCUT2D eigenvalue weighted by Crippen LogP contribution is 2.16. The summed E-state index contributed by atoms with van der Waals surface area (Å²) in [7, 11) is 1.89. The molecule has 1 aromatic rings. The van der Waals surface area contributed by atoms with Gasteiger partial charge >= 0.3 is 0 Å². The van der Waals surface area contributed by atoms with E-state index in [1.165, 1.54) is 0 Å². The van der Waals surface area contributed by atoms with Crippen molar-refractivity contribution >= 4 is 40.3 Å². The molecule has 0 aliphatic carbocycles. The maximum atomic E-state index is 12.3. The third kappa shape index (κ3) is 4.17. The van der Waals surface area contributed by atoms with Crippen LogP contribution in [-0.2, 0) is 0 Å². The first-order valence-corrected chi connectivity index (χ1v) is 8.05. The van der Waals surface area contributed by atoms with Crippen molar-refractivity contribution in [2.24, 2.45) is 0 Å². The van der Waals surface area contributed by atoms with Crippen molar-refractivity contribution in [3.05, 3.63) is 33.4 Å². The van der Waals surface area contributed by atoms with Gasteiger partial charge in [0.1, 0.15) is 0 Å². The average Bonchev–Trinajstić information content (AvgIpc) is 2.34. The molecule has 2 nitrogen and oxygen atoms in total. The highest BCUT2D eigenvalue weighted by Gasteiger charge is 2.18. The molecule has 0 spiro atoms. The van der Waals surface area contributed by atoms with E-state index in [1.807, 2.05) is 48.0 Å². The molecular formula is C13H18INOS. The van der Waals surface area contributed by atoms with Crippen LogP contribution < -0.4 is 0 Å². The summed E-state index contributed by atoms with van der Waals surface area (Å²) in [4.78, 5) is 14.1. The number of nitrogens with zero attached hydrogens (tertiary/aromatic N) is 1. The van der Waals surface area contributed by atoms with Gasteiger partial charge in [0.25, 0.3) is 5.91 Å². The highest BCUT2D eigenvalue weighted by molar-refractivity contribution is 14.1. The van der Waals surface area contributed by atoms with Crippen molar-refractivity contribution in [2.75, 3.05) is 19.1 Å². The van der Waals surface area contributed by atoms with E-state index in [-0.39, 0.29) is 11.9 Å². The topological polar surface area (TPSA) is 20.3 Å². The third-order valence-corrected chi connectivity index (χ3v) is 4.41. The van der Waals surface area contributed by atoms with Crippen molar-refractivity contribution in [1.29, 1.82) is 0 Å². The maximum Gasteiger partial charge on any atom is 0.254 e. The molecule has 4 heteroatoms. The first-order valence-electron chi connectivity index (χ1n) is 5.58. The van der Waals surface area contributed by atoms with Gasteiger partial charge in [-0.3, -0.25) is 4.79 Å². The molecule has 17 heavy (non-hydrogen) atoms. The van der Waals surface area contributed by atoms with Crippen LogP contribution in [0.15, 0.2) is 24.3 Å². The SMILES string of the molecule is CSCCC(C)N(C)C(=O)c1ccccc1I. The Kier molecular flexibility index (Phi) is 6.33. The van der Waals surface area contributed by atoms with E-state index < -0.39 is 0 Å². The first kappa shape index (κ1) is 14.8. The smallest absolute Gasteiger partial charge is 0.254 e. The van der Waals surface area contributed by atoms with Crippen molar-refractivity contribution in [1.82, 2.24) is 4.90 Å². The molecule has 1 amide bonds. The molecule has 0 aromatic heterocycles. The van der Waals surface area contributed by atoms with Gasteiger partial charge in [0.2, 0.25) is 0 Å². The Hall–Kier alpha value is -0.230. The number of carbonyl (C=O) groups excluding carboxylic acids is 1. The van der Waals surface area contributed by atoms with E-state index >= 15 is 0 Å². The lowest BCUT2D eigenvalue weighted by Gasteiger charge is -2.25. The van der Waals surface area contributed by atoms with Crippen LogP contribution in [0.4, 0.5) is 0 Å². The van der Waals surface area contributed by atoms with Gasteiger partial charge in [0.05, 0.1) is 5.56 Å². The van der Waals surface area contributed by atoms with Gasteiger partial charge in [-0.25, -0.2) is 0 Å². The van der Waals surface area contributed by atoms with E-state index in [0.717, 1.165) is 21.3 Å². The number of halogens is 1. The molecule has 0 radical (unpaired) electrons. The van der Waals surface area contributed by atoms with Gasteiger partial charge in [-0.1, -0.05) is 12.1 Å². The number of benzene rings is 1. The minimum atomic E-state index is 0.114. The monoisotopic (exact) mass is 363 g/mol. The van der Waals surface area contributed by atoms with Gasteiger partial charge in [-0.2, -0.15) is 11.8 Å². The molecule has 0 aliphatic rings. The number of hydrogen-bond acceptors (Lipinski definition) is 2. The van der Waals surface area contributed by atoms with Crippen LogP contribution in [0.5, 0.6) is 0 Å². The van der Waals surface area contributed by atoms with Crippen LogP contribution in [0.1, 0.15) is 23.7 Å². The number of rotatable bonds is 5. The van der Waals surface area contributed by atoms with Crippen LogP contribution in [0.25, 0.3) is 0 Å². The van der Waals surface area contributed by atoms with Gasteiger partial charge < -0.3 is 4.90 Å². The standard InChI is InChI=1S/C13H18INOS/c1-10(8-9-17-3)15(2)13(16)11-6-4-5-7-12(11)14/h4-7,10H,8-9H2,1-3H3. The van der Waals surface area contributed by atoms with Crippen molar-refractivity contribution in [2.45, 2.75) is 19.4 Å². The number of hydrogen-bond donors (Lipinski definition) is 0. The first-order chi connectivity index (χ1) is 8.07. The predicted octanol–water partition coefficient (Wildman–Crippen LogP) is 3.50. The molecule has 1 atom stereocenters. The minimum absolute atomic E-state index is 0.114. The molecule has 94 valence electrons. The number of carbonyl (C=O) groups is 1. The lowest BCUT2D eigenvalue weighted by Crippen LogP contribution is -2.35. The zero-order chi connectivity index (χ0) is 12.8. The molecule has 1 aromatic carbocycles. The molecule has 0 bridgehead atoms. The molecule has 0 N–H and O–H groups in total. The fraction of sp³-hybridized carbons (Fsp3) is 0.462. The van der Waals surface area contributed by atoms with E-state index in [4.69, 9.17) is 0 Å². The summed E-state index contributed by atoms with van der Waals surface area (Å²) >= 11 is 4.03. The summed E-state index contributed by atoms with van der Waals surface area (Å²) in [6.45, 7) is 2.10. The van der Waals surface area contributed by atoms with Crippen molar-refractivity contribution < 1.29 is 4.79 Å². The van der Waals surface area contributed by atoms with Crippen molar-refractivity contribution in [3.8, 4) is 0 Å². The summed E-state index contributed by atoms with van der Waals surface area (Å²) < 4.78 is 1.01. The Morgan fingerprint density at radius 3 is 2.71 bits per heavy atom. The molecule has 0 saturated carbocycles. The second-order valence-corrected chi connectivity index (χ2v) is 6.17. The lowest BCUT2D eigenvalue weighted by molar-refractivity contribution is 0.0740. The Labute approximate surface area is 121 Å². The second kappa shape index (κ2) is 7.26. The van der Waals surface area contributed by atoms with Crippen LogP contribution >= 0.6 is 34.4 Å². The van der Waals surface area contributed by atoms with Gasteiger partial charge in [0.15, 0.2) is 0 Å². The minimum Gasteiger partial charge on any atom is -0.339 e. The molecule has 1 unspecified atom stereocenters. The average molecular weight is 363 g/mol. The molecule has 0 saturated heterocycles. The van der Waals surface area contributed by atoms with Crippen LogP contribution in [0, 0.1) is 3.57 Å². The van der Waals surface area contributed by atoms with E-state index in [0.29, 0.717) is 0 Å². The number of thioether (sulfide) groups is 1. The fourth-order valence-corrected chi connectivity index (χ4v) is 2.70. The van der Waals surface area contributed by atoms with E-state index in [1.54, 1.807) is 0 Å². The Balaban J connectivity index is 2.73. The van der Waals surface area contributed by atoms with Crippen molar-refractivity contribution in [3.63, 3.8) is 0 Å². The van der Waals surface area contributed by atoms with Gasteiger partial charge in [-0.05, 0) is 60.1 Å². The van der Waals surface area contributed by atoms with Crippen LogP contribution in [-0.4, -0.2) is 35.9 Å². The summed E-state index contributed by atoms with van der Waals surface area (Å²) in [5.41, 5.74) is 0.798. The summed E-state index contributed by atoms with van der Waals surface area (Å²) in [6.07, 6.45) is 3.13. The predicted molar refractivity (Wildman–Crippen MR) is 83.7 cm³/mol. The summed E-state index contributed by atoms with van der Waals surface area (Å²) in [5.74, 6) is 1.20. The fourth-order valence-electron chi connectivity index (χ4n) is 1.51.